The Hall–Kier alpha value is -3.63. The number of rotatable bonds is 8. The molecule has 3 N–H and O–H groups in total. The van der Waals surface area contributed by atoms with Gasteiger partial charge in [0.25, 0.3) is 0 Å². The van der Waals surface area contributed by atoms with Crippen LogP contribution in [0.1, 0.15) is 31.1 Å². The van der Waals surface area contributed by atoms with E-state index in [1.54, 1.807) is 45.3 Å². The summed E-state index contributed by atoms with van der Waals surface area (Å²) in [5, 5.41) is 5.55. The molecule has 0 aromatic carbocycles. The summed E-state index contributed by atoms with van der Waals surface area (Å²) in [5.41, 5.74) is 2.68. The van der Waals surface area contributed by atoms with Gasteiger partial charge in [0.1, 0.15) is 18.2 Å². The number of hydrogen-bond donors (Lipinski definition) is 3. The van der Waals surface area contributed by atoms with Crippen LogP contribution in [0.25, 0.3) is 22.2 Å². The molecule has 33 heavy (non-hydrogen) atoms. The van der Waals surface area contributed by atoms with Crippen molar-refractivity contribution in [3.8, 4) is 11.1 Å². The lowest BCUT2D eigenvalue weighted by molar-refractivity contribution is -0.139. The van der Waals surface area contributed by atoms with E-state index in [1.165, 1.54) is 12.4 Å². The van der Waals surface area contributed by atoms with E-state index in [0.29, 0.717) is 33.4 Å². The molecule has 3 aromatic heterocycles. The maximum absolute atomic E-state index is 12.5. The Morgan fingerprint density at radius 3 is 2.61 bits per heavy atom. The minimum Gasteiger partial charge on any atom is -0.462 e. The molecule has 3 rings (SSSR count). The molecule has 0 aliphatic carbocycles. The number of hydrogen-bond acceptors (Lipinski definition) is 6. The zero-order valence-corrected chi connectivity index (χ0v) is 18.3. The zero-order valence-electron chi connectivity index (χ0n) is 18.3. The smallest absolute Gasteiger partial charge is 0.405 e. The number of fused-ring (bicyclic) bond motifs is 1. The van der Waals surface area contributed by atoms with E-state index in [2.05, 4.69) is 20.3 Å². The van der Waals surface area contributed by atoms with Crippen molar-refractivity contribution in [2.75, 3.05) is 18.5 Å². The van der Waals surface area contributed by atoms with Gasteiger partial charge in [0, 0.05) is 41.3 Å². The Balaban J connectivity index is 1.87. The molecule has 1 unspecified atom stereocenters. The third-order valence-corrected chi connectivity index (χ3v) is 4.83. The van der Waals surface area contributed by atoms with Crippen LogP contribution in [0.15, 0.2) is 36.9 Å². The van der Waals surface area contributed by atoms with Crippen LogP contribution in [-0.2, 0) is 9.53 Å². The van der Waals surface area contributed by atoms with Gasteiger partial charge in [0.05, 0.1) is 17.9 Å². The lowest BCUT2D eigenvalue weighted by Crippen LogP contribution is -2.46. The van der Waals surface area contributed by atoms with Gasteiger partial charge in [-0.3, -0.25) is 9.78 Å². The number of esters is 1. The lowest BCUT2D eigenvalue weighted by Gasteiger charge is -2.23. The van der Waals surface area contributed by atoms with Crippen LogP contribution in [0.4, 0.5) is 18.9 Å². The predicted octanol–water partition coefficient (Wildman–Crippen LogP) is 3.92. The van der Waals surface area contributed by atoms with Gasteiger partial charge in [0.2, 0.25) is 5.91 Å². The van der Waals surface area contributed by atoms with Crippen molar-refractivity contribution in [3.05, 3.63) is 42.5 Å². The Morgan fingerprint density at radius 1 is 1.18 bits per heavy atom. The molecule has 0 fully saturated rings. The fourth-order valence-corrected chi connectivity index (χ4v) is 3.25. The molecular formula is C22H24F3N5O3. The number of carbonyl (C=O) groups excluding carboxylic acids is 2. The number of carbonyl (C=O) groups is 2. The van der Waals surface area contributed by atoms with E-state index >= 15 is 0 Å². The normalized spacial score (nSPS) is 12.6. The van der Waals surface area contributed by atoms with Crippen molar-refractivity contribution in [2.24, 2.45) is 5.92 Å². The van der Waals surface area contributed by atoms with E-state index in [1.807, 2.05) is 5.32 Å². The second-order valence-electron chi connectivity index (χ2n) is 7.70. The quantitative estimate of drug-likeness (QED) is 0.437. The second kappa shape index (κ2) is 9.88. The van der Waals surface area contributed by atoms with E-state index in [9.17, 15) is 22.8 Å². The highest BCUT2D eigenvalue weighted by molar-refractivity contribution is 5.99. The molecule has 1 amide bonds. The van der Waals surface area contributed by atoms with Crippen molar-refractivity contribution in [3.63, 3.8) is 0 Å². The molecule has 1 atom stereocenters. The number of amides is 1. The molecule has 0 saturated heterocycles. The maximum atomic E-state index is 12.5. The highest BCUT2D eigenvalue weighted by Gasteiger charge is 2.30. The first kappa shape index (κ1) is 24.0. The first-order chi connectivity index (χ1) is 15.6. The van der Waals surface area contributed by atoms with Gasteiger partial charge in [-0.25, -0.2) is 9.78 Å². The highest BCUT2D eigenvalue weighted by Crippen LogP contribution is 2.30. The number of H-pyrrole nitrogens is 1. The van der Waals surface area contributed by atoms with Crippen molar-refractivity contribution in [1.29, 1.82) is 0 Å². The molecule has 0 aliphatic heterocycles. The SMILES string of the molecule is CCOC(=O)c1cnc2[nH]cc(-c3cncc(NC(C(=O)NCC(F)(F)F)C(C)C)c3)c2c1. The molecule has 3 aromatic rings. The molecule has 176 valence electrons. The van der Waals surface area contributed by atoms with Crippen molar-refractivity contribution in [2.45, 2.75) is 33.0 Å². The maximum Gasteiger partial charge on any atom is 0.405 e. The number of nitrogens with one attached hydrogen (secondary N) is 3. The van der Waals surface area contributed by atoms with Gasteiger partial charge in [-0.1, -0.05) is 13.8 Å². The summed E-state index contributed by atoms with van der Waals surface area (Å²) in [6.07, 6.45) is 1.71. The Labute approximate surface area is 188 Å². The molecule has 0 radical (unpaired) electrons. The number of anilines is 1. The van der Waals surface area contributed by atoms with E-state index in [-0.39, 0.29) is 12.5 Å². The van der Waals surface area contributed by atoms with Gasteiger partial charge in [-0.05, 0) is 25.0 Å². The van der Waals surface area contributed by atoms with Crippen LogP contribution in [0.3, 0.4) is 0 Å². The molecule has 0 saturated carbocycles. The summed E-state index contributed by atoms with van der Waals surface area (Å²) in [5.74, 6) is -1.54. The molecule has 11 heteroatoms. The average molecular weight is 463 g/mol. The van der Waals surface area contributed by atoms with Crippen LogP contribution in [0, 0.1) is 5.92 Å². The van der Waals surface area contributed by atoms with Gasteiger partial charge < -0.3 is 20.4 Å². The number of aromatic amines is 1. The lowest BCUT2D eigenvalue weighted by atomic mass is 10.0. The minimum absolute atomic E-state index is 0.238. The predicted molar refractivity (Wildman–Crippen MR) is 117 cm³/mol. The van der Waals surface area contributed by atoms with Crippen LogP contribution < -0.4 is 10.6 Å². The van der Waals surface area contributed by atoms with Crippen molar-refractivity contribution in [1.82, 2.24) is 20.3 Å². The number of pyridine rings is 2. The first-order valence-corrected chi connectivity index (χ1v) is 10.3. The monoisotopic (exact) mass is 463 g/mol. The van der Waals surface area contributed by atoms with Gasteiger partial charge in [0.15, 0.2) is 0 Å². The molecule has 0 aliphatic rings. The number of halogens is 3. The van der Waals surface area contributed by atoms with Gasteiger partial charge >= 0.3 is 12.1 Å². The molecular weight excluding hydrogens is 439 g/mol. The summed E-state index contributed by atoms with van der Waals surface area (Å²) in [6, 6.07) is 2.48. The number of nitrogens with zero attached hydrogens (tertiary/aromatic N) is 2. The topological polar surface area (TPSA) is 109 Å². The van der Waals surface area contributed by atoms with Crippen LogP contribution in [-0.4, -0.2) is 52.2 Å². The number of ether oxygens (including phenoxy) is 1. The molecule has 0 bridgehead atoms. The Morgan fingerprint density at radius 2 is 1.94 bits per heavy atom. The third-order valence-electron chi connectivity index (χ3n) is 4.83. The fraction of sp³-hybridized carbons (Fsp3) is 0.364. The fourth-order valence-electron chi connectivity index (χ4n) is 3.25. The Bertz CT molecular complexity index is 1140. The first-order valence-electron chi connectivity index (χ1n) is 10.3. The van der Waals surface area contributed by atoms with Gasteiger partial charge in [-0.15, -0.1) is 0 Å². The largest absolute Gasteiger partial charge is 0.462 e. The number of aromatic nitrogens is 3. The van der Waals surface area contributed by atoms with Crippen molar-refractivity contribution < 1.29 is 27.5 Å². The average Bonchev–Trinajstić information content (AvgIpc) is 3.19. The summed E-state index contributed by atoms with van der Waals surface area (Å²) in [4.78, 5) is 35.9. The summed E-state index contributed by atoms with van der Waals surface area (Å²) in [6.45, 7) is 4.00. The van der Waals surface area contributed by atoms with Crippen LogP contribution in [0.2, 0.25) is 0 Å². The number of alkyl halides is 3. The minimum atomic E-state index is -4.50. The Kier molecular flexibility index (Phi) is 7.19. The van der Waals surface area contributed by atoms with Crippen molar-refractivity contribution >= 4 is 28.6 Å². The molecule has 0 spiro atoms. The standard InChI is InChI=1S/C22H24F3N5O3/c1-4-33-21(32)14-6-16-17(10-28-19(16)27-8-14)13-5-15(9-26-7-13)30-18(12(2)3)20(31)29-11-22(23,24)25/h5-10,12,18,30H,4,11H2,1-3H3,(H,27,28)(H,29,31). The van der Waals surface area contributed by atoms with E-state index in [0.717, 1.165) is 0 Å². The molecule has 3 heterocycles. The highest BCUT2D eigenvalue weighted by atomic mass is 19.4. The second-order valence-corrected chi connectivity index (χ2v) is 7.70. The summed E-state index contributed by atoms with van der Waals surface area (Å²) >= 11 is 0. The molecule has 8 nitrogen and oxygen atoms in total. The van der Waals surface area contributed by atoms with Crippen LogP contribution >= 0.6 is 0 Å². The van der Waals surface area contributed by atoms with E-state index in [4.69, 9.17) is 4.74 Å². The van der Waals surface area contributed by atoms with E-state index < -0.39 is 30.6 Å². The summed E-state index contributed by atoms with van der Waals surface area (Å²) < 4.78 is 42.5. The third kappa shape index (κ3) is 5.99. The zero-order chi connectivity index (χ0) is 24.2. The van der Waals surface area contributed by atoms with Gasteiger partial charge in [-0.2, -0.15) is 13.2 Å². The van der Waals surface area contributed by atoms with Crippen LogP contribution in [0.5, 0.6) is 0 Å². The summed E-state index contributed by atoms with van der Waals surface area (Å²) in [7, 11) is 0.